The van der Waals surface area contributed by atoms with Gasteiger partial charge in [-0.1, -0.05) is 23.8 Å². The largest absolute Gasteiger partial charge is 0.300 e. The van der Waals surface area contributed by atoms with Crippen LogP contribution in [0, 0.1) is 6.92 Å². The third-order valence-corrected chi connectivity index (χ3v) is 5.46. The molecule has 0 spiro atoms. The second-order valence-electron chi connectivity index (χ2n) is 5.00. The summed E-state index contributed by atoms with van der Waals surface area (Å²) in [4.78, 5) is 16.5. The van der Waals surface area contributed by atoms with E-state index in [2.05, 4.69) is 14.7 Å². The summed E-state index contributed by atoms with van der Waals surface area (Å²) >= 11 is 0.970. The highest BCUT2D eigenvalue weighted by molar-refractivity contribution is 8.19. The first-order chi connectivity index (χ1) is 11.4. The van der Waals surface area contributed by atoms with Crippen molar-refractivity contribution in [2.24, 2.45) is 4.40 Å². The first-order valence-electron chi connectivity index (χ1n) is 6.98. The van der Waals surface area contributed by atoms with Crippen LogP contribution in [-0.2, 0) is 14.8 Å². The maximum absolute atomic E-state index is 12.3. The number of carbonyl (C=O) groups is 1. The number of aryl methyl sites for hydroxylation is 1. The van der Waals surface area contributed by atoms with Crippen molar-refractivity contribution in [3.63, 3.8) is 0 Å². The van der Waals surface area contributed by atoms with E-state index in [9.17, 15) is 13.2 Å². The van der Waals surface area contributed by atoms with E-state index in [0.717, 1.165) is 17.3 Å². The van der Waals surface area contributed by atoms with E-state index in [1.165, 1.54) is 12.1 Å². The van der Waals surface area contributed by atoms with Gasteiger partial charge >= 0.3 is 0 Å². The minimum Gasteiger partial charge on any atom is -0.300 e. The average Bonchev–Trinajstić information content (AvgIpc) is 2.87. The third kappa shape index (κ3) is 3.72. The summed E-state index contributed by atoms with van der Waals surface area (Å²) in [6.45, 7) is 1.87. The minimum absolute atomic E-state index is 0.0303. The molecule has 1 aromatic carbocycles. The van der Waals surface area contributed by atoms with E-state index in [0.29, 0.717) is 10.6 Å². The lowest BCUT2D eigenvalue weighted by molar-refractivity contribution is -0.115. The zero-order chi connectivity index (χ0) is 17.2. The summed E-state index contributed by atoms with van der Waals surface area (Å²) in [5, 5.41) is 2.49. The van der Waals surface area contributed by atoms with E-state index >= 15 is 0 Å². The SMILES string of the molecule is Cc1ccc(S(=O)(=O)/N=C2/NC(=O)C(=Cc3ccccn3)S2)cc1. The first-order valence-corrected chi connectivity index (χ1v) is 9.23. The molecule has 0 saturated carbocycles. The van der Waals surface area contributed by atoms with Gasteiger partial charge in [-0.05, 0) is 49.0 Å². The second-order valence-corrected chi connectivity index (χ2v) is 7.64. The van der Waals surface area contributed by atoms with Gasteiger partial charge in [0.25, 0.3) is 15.9 Å². The normalized spacial score (nSPS) is 18.1. The number of hydrogen-bond acceptors (Lipinski definition) is 5. The summed E-state index contributed by atoms with van der Waals surface area (Å²) in [5.74, 6) is -0.400. The number of carbonyl (C=O) groups excluding carboxylic acids is 1. The number of sulfonamides is 1. The molecule has 1 aliphatic heterocycles. The van der Waals surface area contributed by atoms with Gasteiger partial charge in [0.2, 0.25) is 0 Å². The molecule has 122 valence electrons. The van der Waals surface area contributed by atoms with Crippen LogP contribution in [0.4, 0.5) is 0 Å². The topological polar surface area (TPSA) is 88.5 Å². The molecule has 1 aliphatic rings. The smallest absolute Gasteiger partial charge is 0.284 e. The lowest BCUT2D eigenvalue weighted by Crippen LogP contribution is -2.20. The van der Waals surface area contributed by atoms with Gasteiger partial charge in [0.05, 0.1) is 15.5 Å². The van der Waals surface area contributed by atoms with Crippen LogP contribution in [0.2, 0.25) is 0 Å². The molecule has 2 heterocycles. The van der Waals surface area contributed by atoms with E-state index in [-0.39, 0.29) is 10.1 Å². The van der Waals surface area contributed by atoms with E-state index in [1.807, 2.05) is 6.92 Å². The van der Waals surface area contributed by atoms with Crippen LogP contribution in [-0.4, -0.2) is 24.5 Å². The summed E-state index contributed by atoms with van der Waals surface area (Å²) < 4.78 is 28.3. The fourth-order valence-corrected chi connectivity index (χ4v) is 3.91. The van der Waals surface area contributed by atoms with Crippen LogP contribution >= 0.6 is 11.8 Å². The van der Waals surface area contributed by atoms with Crippen molar-refractivity contribution in [1.29, 1.82) is 0 Å². The second kappa shape index (κ2) is 6.58. The number of aromatic nitrogens is 1. The summed E-state index contributed by atoms with van der Waals surface area (Å²) in [5.41, 5.74) is 1.56. The third-order valence-electron chi connectivity index (χ3n) is 3.14. The molecule has 3 rings (SSSR count). The molecular formula is C16H13N3O3S2. The molecule has 6 nitrogen and oxygen atoms in total. The lowest BCUT2D eigenvalue weighted by Gasteiger charge is -2.00. The highest BCUT2D eigenvalue weighted by Crippen LogP contribution is 2.27. The van der Waals surface area contributed by atoms with Crippen LogP contribution < -0.4 is 5.32 Å². The number of amides is 1. The molecule has 1 saturated heterocycles. The van der Waals surface area contributed by atoms with Crippen molar-refractivity contribution in [2.75, 3.05) is 0 Å². The Hall–Kier alpha value is -2.45. The molecule has 1 amide bonds. The molecule has 1 N–H and O–H groups in total. The zero-order valence-corrected chi connectivity index (χ0v) is 14.3. The number of rotatable bonds is 3. The highest BCUT2D eigenvalue weighted by atomic mass is 32.2. The Morgan fingerprint density at radius 3 is 2.58 bits per heavy atom. The molecule has 0 unspecified atom stereocenters. The zero-order valence-electron chi connectivity index (χ0n) is 12.6. The van der Waals surface area contributed by atoms with Crippen molar-refractivity contribution in [3.05, 3.63) is 64.8 Å². The van der Waals surface area contributed by atoms with Crippen molar-refractivity contribution in [2.45, 2.75) is 11.8 Å². The Morgan fingerprint density at radius 1 is 1.17 bits per heavy atom. The van der Waals surface area contributed by atoms with E-state index in [1.54, 1.807) is 42.6 Å². The molecule has 8 heteroatoms. The molecule has 0 atom stereocenters. The van der Waals surface area contributed by atoms with Gasteiger partial charge in [0.1, 0.15) is 0 Å². The molecule has 2 aromatic rings. The Labute approximate surface area is 143 Å². The predicted molar refractivity (Wildman–Crippen MR) is 93.7 cm³/mol. The monoisotopic (exact) mass is 359 g/mol. The fourth-order valence-electron chi connectivity index (χ4n) is 1.94. The maximum Gasteiger partial charge on any atom is 0.284 e. The van der Waals surface area contributed by atoms with Crippen LogP contribution in [0.15, 0.2) is 62.9 Å². The lowest BCUT2D eigenvalue weighted by atomic mass is 10.2. The van der Waals surface area contributed by atoms with Gasteiger partial charge in [0.15, 0.2) is 5.17 Å². The van der Waals surface area contributed by atoms with Crippen molar-refractivity contribution < 1.29 is 13.2 Å². The van der Waals surface area contributed by atoms with E-state index in [4.69, 9.17) is 0 Å². The van der Waals surface area contributed by atoms with Crippen molar-refractivity contribution in [1.82, 2.24) is 10.3 Å². The Balaban J connectivity index is 1.86. The Morgan fingerprint density at radius 2 is 1.92 bits per heavy atom. The van der Waals surface area contributed by atoms with Gasteiger partial charge in [0, 0.05) is 6.20 Å². The number of hydrogen-bond donors (Lipinski definition) is 1. The quantitative estimate of drug-likeness (QED) is 0.850. The molecule has 1 fully saturated rings. The summed E-state index contributed by atoms with van der Waals surface area (Å²) in [6.07, 6.45) is 3.20. The fraction of sp³-hybridized carbons (Fsp3) is 0.0625. The number of thioether (sulfide) groups is 1. The van der Waals surface area contributed by atoms with Crippen LogP contribution in [0.25, 0.3) is 6.08 Å². The van der Waals surface area contributed by atoms with Crippen LogP contribution in [0.5, 0.6) is 0 Å². The van der Waals surface area contributed by atoms with Gasteiger partial charge in [-0.3, -0.25) is 15.1 Å². The minimum atomic E-state index is -3.87. The number of amidine groups is 1. The molecule has 1 aromatic heterocycles. The van der Waals surface area contributed by atoms with Crippen LogP contribution in [0.3, 0.4) is 0 Å². The maximum atomic E-state index is 12.3. The standard InChI is InChI=1S/C16H13N3O3S2/c1-11-5-7-13(8-6-11)24(21,22)19-16-18-15(20)14(23-16)10-12-4-2-3-9-17-12/h2-10H,1H3,(H,18,19,20). The van der Waals surface area contributed by atoms with Gasteiger partial charge < -0.3 is 0 Å². The van der Waals surface area contributed by atoms with Crippen LogP contribution in [0.1, 0.15) is 11.3 Å². The molecule has 0 radical (unpaired) electrons. The van der Waals surface area contributed by atoms with Crippen molar-refractivity contribution in [3.8, 4) is 0 Å². The molecular weight excluding hydrogens is 346 g/mol. The summed E-state index contributed by atoms with van der Waals surface area (Å²) in [7, 11) is -3.87. The Kier molecular flexibility index (Phi) is 4.50. The molecule has 0 aliphatic carbocycles. The van der Waals surface area contributed by atoms with Gasteiger partial charge in [-0.15, -0.1) is 4.40 Å². The predicted octanol–water partition coefficient (Wildman–Crippen LogP) is 2.34. The highest BCUT2D eigenvalue weighted by Gasteiger charge is 2.26. The number of benzene rings is 1. The number of nitrogens with one attached hydrogen (secondary N) is 1. The van der Waals surface area contributed by atoms with Gasteiger partial charge in [-0.25, -0.2) is 0 Å². The van der Waals surface area contributed by atoms with Crippen molar-refractivity contribution >= 4 is 38.9 Å². The van der Waals surface area contributed by atoms with E-state index < -0.39 is 15.9 Å². The number of nitrogens with zero attached hydrogens (tertiary/aromatic N) is 2. The summed E-state index contributed by atoms with van der Waals surface area (Å²) in [6, 6.07) is 11.7. The average molecular weight is 359 g/mol. The van der Waals surface area contributed by atoms with Gasteiger partial charge in [-0.2, -0.15) is 8.42 Å². The molecule has 24 heavy (non-hydrogen) atoms. The number of pyridine rings is 1. The Bertz CT molecular complexity index is 934. The molecule has 0 bridgehead atoms. The first kappa shape index (κ1) is 16.4.